The highest BCUT2D eigenvalue weighted by Gasteiger charge is 2.28. The van der Waals surface area contributed by atoms with Gasteiger partial charge >= 0.3 is 0 Å². The van der Waals surface area contributed by atoms with Crippen LogP contribution in [0.25, 0.3) is 0 Å². The first kappa shape index (κ1) is 15.4. The summed E-state index contributed by atoms with van der Waals surface area (Å²) in [5.41, 5.74) is 2.15. The molecule has 1 saturated heterocycles. The molecule has 0 aliphatic carbocycles. The van der Waals surface area contributed by atoms with Crippen LogP contribution in [0.2, 0.25) is 0 Å². The highest BCUT2D eigenvalue weighted by atomic mass is 16.5. The summed E-state index contributed by atoms with van der Waals surface area (Å²) in [7, 11) is 1.60. The molecule has 1 aromatic heterocycles. The van der Waals surface area contributed by atoms with Gasteiger partial charge in [0, 0.05) is 20.1 Å². The number of amides is 2. The third-order valence-electron chi connectivity index (χ3n) is 3.31. The lowest BCUT2D eigenvalue weighted by molar-refractivity contribution is -0.132. The molecule has 10 heteroatoms. The Bertz CT molecular complexity index is 504. The standard InChI is InChI=1S/C11H19N7O3/c1-13-11(20)9-7-21-5-4-17(9)2-3-18-6-8(15-16-18)10(19)14-12/h6,9H,2-5,7,12H2,1H3,(H,13,20)(H,14,19). The van der Waals surface area contributed by atoms with Gasteiger partial charge in [0.2, 0.25) is 5.91 Å². The number of carbonyl (C=O) groups excluding carboxylic acids is 2. The zero-order chi connectivity index (χ0) is 15.2. The third-order valence-corrected chi connectivity index (χ3v) is 3.31. The molecule has 0 bridgehead atoms. The van der Waals surface area contributed by atoms with Crippen LogP contribution >= 0.6 is 0 Å². The number of hydrogen-bond donors (Lipinski definition) is 3. The second-order valence-electron chi connectivity index (χ2n) is 4.58. The lowest BCUT2D eigenvalue weighted by atomic mass is 10.2. The van der Waals surface area contributed by atoms with Gasteiger partial charge in [-0.1, -0.05) is 5.21 Å². The molecule has 1 atom stereocenters. The van der Waals surface area contributed by atoms with Crippen LogP contribution in [0.15, 0.2) is 6.20 Å². The first-order valence-corrected chi connectivity index (χ1v) is 6.60. The van der Waals surface area contributed by atoms with Gasteiger partial charge < -0.3 is 10.1 Å². The number of nitrogen functional groups attached to an aromatic ring is 1. The van der Waals surface area contributed by atoms with E-state index in [1.165, 1.54) is 6.20 Å². The number of rotatable bonds is 5. The number of hydrazine groups is 1. The monoisotopic (exact) mass is 297 g/mol. The largest absolute Gasteiger partial charge is 0.378 e. The molecule has 2 amide bonds. The number of nitrogens with two attached hydrogens (primary N) is 1. The van der Waals surface area contributed by atoms with Crippen LogP contribution < -0.4 is 16.6 Å². The molecule has 2 rings (SSSR count). The number of morpholine rings is 1. The van der Waals surface area contributed by atoms with Crippen LogP contribution in [0, 0.1) is 0 Å². The number of nitrogens with one attached hydrogen (secondary N) is 2. The van der Waals surface area contributed by atoms with Crippen molar-refractivity contribution in [2.45, 2.75) is 12.6 Å². The Kier molecular flexibility index (Phi) is 5.20. The fourth-order valence-corrected chi connectivity index (χ4v) is 2.13. The number of likely N-dealkylation sites (N-methyl/N-ethyl adjacent to an activating group) is 1. The van der Waals surface area contributed by atoms with Gasteiger partial charge in [0.15, 0.2) is 5.69 Å². The van der Waals surface area contributed by atoms with Crippen LogP contribution in [0.1, 0.15) is 10.5 Å². The van der Waals surface area contributed by atoms with Crippen molar-refractivity contribution in [3.05, 3.63) is 11.9 Å². The Morgan fingerprint density at radius 2 is 2.33 bits per heavy atom. The molecular weight excluding hydrogens is 278 g/mol. The minimum Gasteiger partial charge on any atom is -0.378 e. The molecule has 1 unspecified atom stereocenters. The first-order chi connectivity index (χ1) is 10.2. The molecule has 21 heavy (non-hydrogen) atoms. The minimum absolute atomic E-state index is 0.0727. The summed E-state index contributed by atoms with van der Waals surface area (Å²) in [6, 6.07) is -0.306. The van der Waals surface area contributed by atoms with E-state index in [0.29, 0.717) is 32.8 Å². The van der Waals surface area contributed by atoms with Crippen molar-refractivity contribution in [2.75, 3.05) is 33.4 Å². The van der Waals surface area contributed by atoms with E-state index >= 15 is 0 Å². The smallest absolute Gasteiger partial charge is 0.287 e. The molecule has 0 spiro atoms. The van der Waals surface area contributed by atoms with Gasteiger partial charge in [-0.3, -0.25) is 24.6 Å². The normalized spacial score (nSPS) is 19.2. The van der Waals surface area contributed by atoms with Gasteiger partial charge in [-0.25, -0.2) is 5.84 Å². The lowest BCUT2D eigenvalue weighted by Crippen LogP contribution is -2.53. The summed E-state index contributed by atoms with van der Waals surface area (Å²) in [6.07, 6.45) is 1.51. The molecule has 10 nitrogen and oxygen atoms in total. The van der Waals surface area contributed by atoms with Crippen LogP contribution in [0.3, 0.4) is 0 Å². The lowest BCUT2D eigenvalue weighted by Gasteiger charge is -2.34. The Labute approximate surface area is 121 Å². The molecule has 1 aliphatic heterocycles. The second-order valence-corrected chi connectivity index (χ2v) is 4.58. The first-order valence-electron chi connectivity index (χ1n) is 6.60. The molecule has 0 aromatic carbocycles. The maximum absolute atomic E-state index is 11.8. The Hall–Kier alpha value is -2.04. The second kappa shape index (κ2) is 7.11. The Morgan fingerprint density at radius 1 is 1.52 bits per heavy atom. The highest BCUT2D eigenvalue weighted by Crippen LogP contribution is 2.07. The number of carbonyl (C=O) groups is 2. The molecule has 116 valence electrons. The van der Waals surface area contributed by atoms with Gasteiger partial charge in [0.25, 0.3) is 5.91 Å². The maximum atomic E-state index is 11.8. The topological polar surface area (TPSA) is 127 Å². The predicted molar refractivity (Wildman–Crippen MR) is 71.9 cm³/mol. The summed E-state index contributed by atoms with van der Waals surface area (Å²) in [6.45, 7) is 2.75. The fourth-order valence-electron chi connectivity index (χ4n) is 2.13. The van der Waals surface area contributed by atoms with E-state index < -0.39 is 5.91 Å². The van der Waals surface area contributed by atoms with Gasteiger partial charge in [-0.2, -0.15) is 0 Å². The predicted octanol–water partition coefficient (Wildman–Crippen LogP) is -2.67. The van der Waals surface area contributed by atoms with Crippen molar-refractivity contribution in [3.8, 4) is 0 Å². The Morgan fingerprint density at radius 3 is 3.05 bits per heavy atom. The van der Waals surface area contributed by atoms with Gasteiger partial charge in [-0.15, -0.1) is 5.10 Å². The van der Waals surface area contributed by atoms with Crippen LogP contribution in [0.4, 0.5) is 0 Å². The maximum Gasteiger partial charge on any atom is 0.287 e. The van der Waals surface area contributed by atoms with Crippen molar-refractivity contribution >= 4 is 11.8 Å². The van der Waals surface area contributed by atoms with E-state index in [0.717, 1.165) is 0 Å². The van der Waals surface area contributed by atoms with E-state index in [1.807, 2.05) is 10.3 Å². The molecule has 1 aliphatic rings. The van der Waals surface area contributed by atoms with E-state index in [9.17, 15) is 9.59 Å². The van der Waals surface area contributed by atoms with Crippen LogP contribution in [-0.4, -0.2) is 71.1 Å². The zero-order valence-electron chi connectivity index (χ0n) is 11.8. The molecule has 4 N–H and O–H groups in total. The average Bonchev–Trinajstić information content (AvgIpc) is 3.00. The van der Waals surface area contributed by atoms with Crippen molar-refractivity contribution in [3.63, 3.8) is 0 Å². The van der Waals surface area contributed by atoms with E-state index in [1.54, 1.807) is 11.7 Å². The van der Waals surface area contributed by atoms with E-state index in [-0.39, 0.29) is 17.6 Å². The summed E-state index contributed by atoms with van der Waals surface area (Å²) in [5.74, 6) is 4.47. The third kappa shape index (κ3) is 3.74. The van der Waals surface area contributed by atoms with Gasteiger partial charge in [0.05, 0.1) is 26.0 Å². The average molecular weight is 297 g/mol. The Balaban J connectivity index is 1.92. The van der Waals surface area contributed by atoms with Gasteiger partial charge in [0.1, 0.15) is 6.04 Å². The van der Waals surface area contributed by atoms with Crippen molar-refractivity contribution < 1.29 is 14.3 Å². The molecule has 1 aromatic rings. The number of aromatic nitrogens is 3. The van der Waals surface area contributed by atoms with Crippen LogP contribution in [-0.2, 0) is 16.1 Å². The molecular formula is C11H19N7O3. The highest BCUT2D eigenvalue weighted by molar-refractivity contribution is 5.91. The van der Waals surface area contributed by atoms with E-state index in [2.05, 4.69) is 15.6 Å². The summed E-state index contributed by atoms with van der Waals surface area (Å²) in [5, 5.41) is 10.2. The molecule has 0 radical (unpaired) electrons. The quantitative estimate of drug-likeness (QED) is 0.307. The van der Waals surface area contributed by atoms with Crippen LogP contribution in [0.5, 0.6) is 0 Å². The molecule has 0 saturated carbocycles. The van der Waals surface area contributed by atoms with Crippen molar-refractivity contribution in [1.29, 1.82) is 0 Å². The fraction of sp³-hybridized carbons (Fsp3) is 0.636. The van der Waals surface area contributed by atoms with Crippen molar-refractivity contribution in [1.82, 2.24) is 30.6 Å². The summed E-state index contributed by atoms with van der Waals surface area (Å²) < 4.78 is 6.88. The number of nitrogens with zero attached hydrogens (tertiary/aromatic N) is 4. The SMILES string of the molecule is CNC(=O)C1COCCN1CCn1cc(C(=O)NN)nn1. The summed E-state index contributed by atoms with van der Waals surface area (Å²) >= 11 is 0. The van der Waals surface area contributed by atoms with Crippen molar-refractivity contribution in [2.24, 2.45) is 5.84 Å². The summed E-state index contributed by atoms with van der Waals surface area (Å²) in [4.78, 5) is 25.1. The van der Waals surface area contributed by atoms with Gasteiger partial charge in [-0.05, 0) is 0 Å². The van der Waals surface area contributed by atoms with E-state index in [4.69, 9.17) is 10.6 Å². The zero-order valence-corrected chi connectivity index (χ0v) is 11.8. The molecule has 2 heterocycles. The number of ether oxygens (including phenoxy) is 1. The molecule has 1 fully saturated rings. The number of hydrogen-bond acceptors (Lipinski definition) is 7. The minimum atomic E-state index is -0.490.